The van der Waals surface area contributed by atoms with Gasteiger partial charge >= 0.3 is 0 Å². The molecule has 1 heterocycles. The number of imide groups is 1. The quantitative estimate of drug-likeness (QED) is 0.831. The number of nitrogens with zero attached hydrogens (tertiary/aromatic N) is 1. The highest BCUT2D eigenvalue weighted by Gasteiger charge is 2.30. The van der Waals surface area contributed by atoms with E-state index in [4.69, 9.17) is 11.6 Å². The van der Waals surface area contributed by atoms with Crippen LogP contribution in [0.4, 0.5) is 5.69 Å². The Balaban J connectivity index is 2.19. The van der Waals surface area contributed by atoms with Gasteiger partial charge in [-0.05, 0) is 24.6 Å². The van der Waals surface area contributed by atoms with Crippen molar-refractivity contribution >= 4 is 29.1 Å². The molecule has 0 spiro atoms. The monoisotopic (exact) mass is 309 g/mol. The number of benzene rings is 1. The van der Waals surface area contributed by atoms with Crippen LogP contribution in [0.3, 0.4) is 0 Å². The molecule has 1 aliphatic heterocycles. The Labute approximate surface area is 129 Å². The molecule has 0 radical (unpaired) electrons. The molecule has 1 aliphatic rings. The van der Waals surface area contributed by atoms with E-state index in [9.17, 15) is 9.59 Å². The fourth-order valence-electron chi connectivity index (χ4n) is 2.20. The molecule has 0 aromatic heterocycles. The second-order valence-corrected chi connectivity index (χ2v) is 5.93. The van der Waals surface area contributed by atoms with Crippen molar-refractivity contribution in [1.82, 2.24) is 10.6 Å². The minimum atomic E-state index is -0.390. The van der Waals surface area contributed by atoms with Crippen LogP contribution in [0.2, 0.25) is 5.02 Å². The number of rotatable bonds is 4. The van der Waals surface area contributed by atoms with Crippen molar-refractivity contribution in [2.24, 2.45) is 0 Å². The van der Waals surface area contributed by atoms with Crippen LogP contribution in [0.25, 0.3) is 0 Å². The van der Waals surface area contributed by atoms with Crippen molar-refractivity contribution in [3.63, 3.8) is 0 Å². The van der Waals surface area contributed by atoms with Crippen molar-refractivity contribution in [1.29, 1.82) is 0 Å². The number of piperazine rings is 1. The van der Waals surface area contributed by atoms with Gasteiger partial charge in [0.05, 0.1) is 6.54 Å². The van der Waals surface area contributed by atoms with Crippen LogP contribution < -0.4 is 15.5 Å². The first-order valence-corrected chi connectivity index (χ1v) is 7.38. The first-order valence-electron chi connectivity index (χ1n) is 7.00. The van der Waals surface area contributed by atoms with Gasteiger partial charge in [-0.2, -0.15) is 0 Å². The lowest BCUT2D eigenvalue weighted by Gasteiger charge is -2.33. The highest BCUT2D eigenvalue weighted by molar-refractivity contribution is 6.31. The summed E-state index contributed by atoms with van der Waals surface area (Å²) >= 11 is 6.30. The summed E-state index contributed by atoms with van der Waals surface area (Å²) in [6, 6.07) is 5.62. The molecule has 1 atom stereocenters. The van der Waals surface area contributed by atoms with Crippen molar-refractivity contribution < 1.29 is 9.59 Å². The van der Waals surface area contributed by atoms with Gasteiger partial charge in [0, 0.05) is 23.3 Å². The molecular formula is C15H20ClN3O2. The van der Waals surface area contributed by atoms with Crippen molar-refractivity contribution in [3.8, 4) is 0 Å². The molecule has 1 aromatic carbocycles. The van der Waals surface area contributed by atoms with Gasteiger partial charge in [-0.1, -0.05) is 31.5 Å². The smallest absolute Gasteiger partial charge is 0.249 e. The van der Waals surface area contributed by atoms with Gasteiger partial charge in [0.25, 0.3) is 0 Å². The summed E-state index contributed by atoms with van der Waals surface area (Å²) in [5.74, 6) is -0.576. The molecule has 114 valence electrons. The molecule has 21 heavy (non-hydrogen) atoms. The molecule has 1 aromatic rings. The van der Waals surface area contributed by atoms with Crippen LogP contribution in [-0.4, -0.2) is 30.4 Å². The highest BCUT2D eigenvalue weighted by atomic mass is 35.5. The molecule has 5 nitrogen and oxygen atoms in total. The number of halogens is 1. The van der Waals surface area contributed by atoms with Gasteiger partial charge in [-0.15, -0.1) is 0 Å². The van der Waals surface area contributed by atoms with E-state index in [1.807, 2.05) is 12.1 Å². The average molecular weight is 310 g/mol. The van der Waals surface area contributed by atoms with E-state index in [1.54, 1.807) is 17.9 Å². The molecule has 6 heteroatoms. The number of anilines is 1. The van der Waals surface area contributed by atoms with Gasteiger partial charge in [-0.25, -0.2) is 0 Å². The summed E-state index contributed by atoms with van der Waals surface area (Å²) in [5, 5.41) is 6.26. The fourth-order valence-corrected chi connectivity index (χ4v) is 2.44. The standard InChI is InChI=1S/C15H20ClN3O2/c1-9(2)17-7-11-4-5-12(6-13(11)16)19-8-14(20)18-15(21)10(19)3/h4-6,9-10,17H,7-8H2,1-3H3,(H,18,20,21). The first kappa shape index (κ1) is 15.8. The van der Waals surface area contributed by atoms with Crippen LogP contribution in [0, 0.1) is 0 Å². The summed E-state index contributed by atoms with van der Waals surface area (Å²) in [4.78, 5) is 25.0. The Bertz CT molecular complexity index is 560. The molecule has 0 aliphatic carbocycles. The third-order valence-corrected chi connectivity index (χ3v) is 3.84. The molecule has 1 saturated heterocycles. The SMILES string of the molecule is CC(C)NCc1ccc(N2CC(=O)NC(=O)C2C)cc1Cl. The minimum Gasteiger partial charge on any atom is -0.350 e. The second-order valence-electron chi connectivity index (χ2n) is 5.53. The van der Waals surface area contributed by atoms with Crippen LogP contribution >= 0.6 is 11.6 Å². The van der Waals surface area contributed by atoms with Gasteiger partial charge in [0.2, 0.25) is 11.8 Å². The topological polar surface area (TPSA) is 61.4 Å². The molecule has 2 N–H and O–H groups in total. The van der Waals surface area contributed by atoms with E-state index in [0.29, 0.717) is 17.6 Å². The zero-order valence-corrected chi connectivity index (χ0v) is 13.2. The Morgan fingerprint density at radius 1 is 1.43 bits per heavy atom. The van der Waals surface area contributed by atoms with Crippen LogP contribution in [0.1, 0.15) is 26.3 Å². The predicted octanol–water partition coefficient (Wildman–Crippen LogP) is 1.69. The van der Waals surface area contributed by atoms with E-state index in [2.05, 4.69) is 24.5 Å². The Morgan fingerprint density at radius 2 is 2.14 bits per heavy atom. The highest BCUT2D eigenvalue weighted by Crippen LogP contribution is 2.26. The number of amides is 2. The van der Waals surface area contributed by atoms with Gasteiger partial charge in [0.15, 0.2) is 0 Å². The lowest BCUT2D eigenvalue weighted by atomic mass is 10.1. The number of carbonyl (C=O) groups is 2. The predicted molar refractivity (Wildman–Crippen MR) is 83.4 cm³/mol. The molecule has 1 unspecified atom stereocenters. The molecule has 1 fully saturated rings. The third-order valence-electron chi connectivity index (χ3n) is 3.49. The summed E-state index contributed by atoms with van der Waals surface area (Å²) in [6.07, 6.45) is 0. The van der Waals surface area contributed by atoms with E-state index >= 15 is 0 Å². The lowest BCUT2D eigenvalue weighted by molar-refractivity contribution is -0.132. The van der Waals surface area contributed by atoms with E-state index < -0.39 is 6.04 Å². The van der Waals surface area contributed by atoms with Crippen LogP contribution in [0.15, 0.2) is 18.2 Å². The van der Waals surface area contributed by atoms with E-state index in [-0.39, 0.29) is 18.4 Å². The number of hydrogen-bond acceptors (Lipinski definition) is 4. The molecular weight excluding hydrogens is 290 g/mol. The van der Waals surface area contributed by atoms with Crippen LogP contribution in [0.5, 0.6) is 0 Å². The zero-order chi connectivity index (χ0) is 15.6. The average Bonchev–Trinajstić information content (AvgIpc) is 2.41. The molecule has 0 saturated carbocycles. The largest absolute Gasteiger partial charge is 0.350 e. The molecule has 2 rings (SSSR count). The summed E-state index contributed by atoms with van der Waals surface area (Å²) in [5.41, 5.74) is 1.78. The third kappa shape index (κ3) is 3.74. The lowest BCUT2D eigenvalue weighted by Crippen LogP contribution is -2.57. The van der Waals surface area contributed by atoms with E-state index in [0.717, 1.165) is 11.3 Å². The Hall–Kier alpha value is -1.59. The maximum atomic E-state index is 11.7. The zero-order valence-electron chi connectivity index (χ0n) is 12.4. The van der Waals surface area contributed by atoms with Crippen molar-refractivity contribution in [2.75, 3.05) is 11.4 Å². The van der Waals surface area contributed by atoms with Crippen molar-refractivity contribution in [3.05, 3.63) is 28.8 Å². The number of hydrogen-bond donors (Lipinski definition) is 2. The second kappa shape index (κ2) is 6.45. The number of carbonyl (C=O) groups excluding carboxylic acids is 2. The number of nitrogens with one attached hydrogen (secondary N) is 2. The maximum Gasteiger partial charge on any atom is 0.249 e. The van der Waals surface area contributed by atoms with Crippen molar-refractivity contribution in [2.45, 2.75) is 39.4 Å². The van der Waals surface area contributed by atoms with Crippen LogP contribution in [-0.2, 0) is 16.1 Å². The van der Waals surface area contributed by atoms with Gasteiger partial charge < -0.3 is 10.2 Å². The summed E-state index contributed by atoms with van der Waals surface area (Å²) in [6.45, 7) is 6.76. The molecule has 0 bridgehead atoms. The Kier molecular flexibility index (Phi) is 4.85. The Morgan fingerprint density at radius 3 is 2.76 bits per heavy atom. The fraction of sp³-hybridized carbons (Fsp3) is 0.467. The summed E-state index contributed by atoms with van der Waals surface area (Å²) in [7, 11) is 0. The molecule has 2 amide bonds. The van der Waals surface area contributed by atoms with Gasteiger partial charge in [-0.3, -0.25) is 14.9 Å². The summed E-state index contributed by atoms with van der Waals surface area (Å²) < 4.78 is 0. The van der Waals surface area contributed by atoms with E-state index in [1.165, 1.54) is 0 Å². The normalized spacial score (nSPS) is 19.1. The van der Waals surface area contributed by atoms with Gasteiger partial charge in [0.1, 0.15) is 6.04 Å². The minimum absolute atomic E-state index is 0.160. The first-order chi connectivity index (χ1) is 9.88. The maximum absolute atomic E-state index is 11.7.